The number of H-pyrrole nitrogens is 1. The molecule has 0 amide bonds. The molecule has 0 unspecified atom stereocenters. The Morgan fingerprint density at radius 1 is 1.39 bits per heavy atom. The molecule has 92 valence electrons. The van der Waals surface area contributed by atoms with E-state index in [0.717, 1.165) is 5.69 Å². The van der Waals surface area contributed by atoms with Crippen LogP contribution in [-0.4, -0.2) is 29.3 Å². The summed E-state index contributed by atoms with van der Waals surface area (Å²) in [7, 11) is 1.77. The lowest BCUT2D eigenvalue weighted by Crippen LogP contribution is -2.21. The fourth-order valence-electron chi connectivity index (χ4n) is 1.89. The highest BCUT2D eigenvalue weighted by Gasteiger charge is 2.07. The summed E-state index contributed by atoms with van der Waals surface area (Å²) >= 11 is 0. The van der Waals surface area contributed by atoms with Crippen molar-refractivity contribution in [3.8, 4) is 0 Å². The summed E-state index contributed by atoms with van der Waals surface area (Å²) in [6.07, 6.45) is 7.20. The van der Waals surface area contributed by atoms with Gasteiger partial charge in [-0.15, -0.1) is 0 Å². The van der Waals surface area contributed by atoms with Crippen molar-refractivity contribution in [3.05, 3.63) is 41.1 Å². The lowest BCUT2D eigenvalue weighted by atomic mass is 10.3. The van der Waals surface area contributed by atoms with Crippen LogP contribution in [0.15, 0.2) is 29.8 Å². The maximum Gasteiger partial charge on any atom is 0.264 e. The van der Waals surface area contributed by atoms with E-state index >= 15 is 0 Å². The molecule has 0 radical (unpaired) electrons. The number of rotatable bonds is 3. The van der Waals surface area contributed by atoms with Gasteiger partial charge < -0.3 is 4.98 Å². The van der Waals surface area contributed by atoms with E-state index < -0.39 is 0 Å². The zero-order chi connectivity index (χ0) is 12.5. The Hall–Kier alpha value is -2.44. The predicted molar refractivity (Wildman–Crippen MR) is 65.1 cm³/mol. The molecule has 3 aromatic rings. The molecule has 7 heteroatoms. The Labute approximate surface area is 102 Å². The summed E-state index contributed by atoms with van der Waals surface area (Å²) in [6, 6.07) is 0. The van der Waals surface area contributed by atoms with Crippen LogP contribution in [0, 0.1) is 0 Å². The number of hydrogen-bond donors (Lipinski definition) is 1. The molecule has 0 aliphatic rings. The van der Waals surface area contributed by atoms with E-state index in [1.54, 1.807) is 41.3 Å². The van der Waals surface area contributed by atoms with Gasteiger partial charge in [-0.05, 0) is 0 Å². The maximum atomic E-state index is 12.1. The second-order valence-corrected chi connectivity index (χ2v) is 4.08. The van der Waals surface area contributed by atoms with Crippen molar-refractivity contribution in [2.45, 2.75) is 13.0 Å². The standard InChI is InChI=1S/C11H12N6O/c1-16-10-9(5-15-16)11(18)17(7-14-10)3-2-8-4-12-6-13-8/h4-7H,2-3H2,1H3,(H,12,13). The summed E-state index contributed by atoms with van der Waals surface area (Å²) in [6.45, 7) is 0.568. The lowest BCUT2D eigenvalue weighted by molar-refractivity contribution is 0.653. The number of imidazole rings is 1. The molecule has 0 saturated heterocycles. The van der Waals surface area contributed by atoms with Gasteiger partial charge in [-0.25, -0.2) is 9.97 Å². The highest BCUT2D eigenvalue weighted by atomic mass is 16.1. The molecule has 0 fully saturated rings. The Morgan fingerprint density at radius 3 is 3.06 bits per heavy atom. The van der Waals surface area contributed by atoms with Gasteiger partial charge >= 0.3 is 0 Å². The smallest absolute Gasteiger partial charge is 0.264 e. The Balaban J connectivity index is 1.93. The third-order valence-corrected chi connectivity index (χ3v) is 2.90. The number of aryl methyl sites for hydroxylation is 3. The number of aromatic nitrogens is 6. The summed E-state index contributed by atoms with van der Waals surface area (Å²) in [5.74, 6) is 0. The average molecular weight is 244 g/mol. The van der Waals surface area contributed by atoms with Gasteiger partial charge in [-0.1, -0.05) is 0 Å². The van der Waals surface area contributed by atoms with Crippen LogP contribution < -0.4 is 5.56 Å². The van der Waals surface area contributed by atoms with E-state index in [9.17, 15) is 4.79 Å². The molecular weight excluding hydrogens is 232 g/mol. The summed E-state index contributed by atoms with van der Waals surface area (Å²) in [5, 5.41) is 4.58. The van der Waals surface area contributed by atoms with Gasteiger partial charge in [0.05, 0.1) is 18.9 Å². The molecule has 3 rings (SSSR count). The number of hydrogen-bond acceptors (Lipinski definition) is 4. The van der Waals surface area contributed by atoms with Crippen molar-refractivity contribution < 1.29 is 0 Å². The van der Waals surface area contributed by atoms with Crippen LogP contribution in [0.25, 0.3) is 11.0 Å². The molecular formula is C11H12N6O. The summed E-state index contributed by atoms with van der Waals surface area (Å²) in [5.41, 5.74) is 1.54. The molecule has 3 heterocycles. The zero-order valence-corrected chi connectivity index (χ0v) is 9.87. The van der Waals surface area contributed by atoms with Crippen molar-refractivity contribution in [1.82, 2.24) is 29.3 Å². The van der Waals surface area contributed by atoms with E-state index in [1.807, 2.05) is 0 Å². The molecule has 0 bridgehead atoms. The summed E-state index contributed by atoms with van der Waals surface area (Å²) in [4.78, 5) is 23.3. The third kappa shape index (κ3) is 1.69. The average Bonchev–Trinajstić information content (AvgIpc) is 2.99. The molecule has 3 aromatic heterocycles. The van der Waals surface area contributed by atoms with Gasteiger partial charge in [0, 0.05) is 31.9 Å². The largest absolute Gasteiger partial charge is 0.348 e. The van der Waals surface area contributed by atoms with Gasteiger partial charge in [-0.3, -0.25) is 14.0 Å². The van der Waals surface area contributed by atoms with Gasteiger partial charge in [0.2, 0.25) is 0 Å². The first-order valence-corrected chi connectivity index (χ1v) is 5.60. The third-order valence-electron chi connectivity index (χ3n) is 2.90. The second kappa shape index (κ2) is 4.10. The molecule has 18 heavy (non-hydrogen) atoms. The quantitative estimate of drug-likeness (QED) is 0.708. The number of fused-ring (bicyclic) bond motifs is 1. The molecule has 0 spiro atoms. The van der Waals surface area contributed by atoms with E-state index in [1.165, 1.54) is 0 Å². The molecule has 0 aliphatic heterocycles. The molecule has 0 saturated carbocycles. The van der Waals surface area contributed by atoms with Gasteiger partial charge in [0.1, 0.15) is 5.39 Å². The highest BCUT2D eigenvalue weighted by molar-refractivity contribution is 5.72. The molecule has 0 aliphatic carbocycles. The lowest BCUT2D eigenvalue weighted by Gasteiger charge is -2.03. The van der Waals surface area contributed by atoms with Gasteiger partial charge in [0.15, 0.2) is 5.65 Å². The first-order chi connectivity index (χ1) is 8.75. The van der Waals surface area contributed by atoms with Crippen LogP contribution in [-0.2, 0) is 20.0 Å². The first kappa shape index (κ1) is 10.7. The van der Waals surface area contributed by atoms with Crippen LogP contribution in [0.2, 0.25) is 0 Å². The van der Waals surface area contributed by atoms with E-state index in [0.29, 0.717) is 24.0 Å². The van der Waals surface area contributed by atoms with Crippen molar-refractivity contribution >= 4 is 11.0 Å². The normalized spacial score (nSPS) is 11.2. The second-order valence-electron chi connectivity index (χ2n) is 4.08. The zero-order valence-electron chi connectivity index (χ0n) is 9.87. The van der Waals surface area contributed by atoms with Crippen molar-refractivity contribution in [2.24, 2.45) is 7.05 Å². The highest BCUT2D eigenvalue weighted by Crippen LogP contribution is 2.03. The minimum absolute atomic E-state index is 0.0624. The summed E-state index contributed by atoms with van der Waals surface area (Å²) < 4.78 is 3.18. The van der Waals surface area contributed by atoms with Crippen molar-refractivity contribution in [2.75, 3.05) is 0 Å². The molecule has 1 N–H and O–H groups in total. The first-order valence-electron chi connectivity index (χ1n) is 5.60. The Morgan fingerprint density at radius 2 is 2.28 bits per heavy atom. The molecule has 7 nitrogen and oxygen atoms in total. The van der Waals surface area contributed by atoms with Crippen LogP contribution in [0.3, 0.4) is 0 Å². The number of aromatic amines is 1. The van der Waals surface area contributed by atoms with Gasteiger partial charge in [0.25, 0.3) is 5.56 Å². The number of nitrogens with zero attached hydrogens (tertiary/aromatic N) is 5. The predicted octanol–water partition coefficient (Wildman–Crippen LogP) is 0.0958. The van der Waals surface area contributed by atoms with Crippen LogP contribution in [0.5, 0.6) is 0 Å². The van der Waals surface area contributed by atoms with Crippen molar-refractivity contribution in [3.63, 3.8) is 0 Å². The SMILES string of the molecule is Cn1ncc2c(=O)n(CCc3cnc[nH]3)cnc21. The monoisotopic (exact) mass is 244 g/mol. The molecule has 0 atom stereocenters. The van der Waals surface area contributed by atoms with Crippen LogP contribution in [0.1, 0.15) is 5.69 Å². The fraction of sp³-hybridized carbons (Fsp3) is 0.273. The van der Waals surface area contributed by atoms with E-state index in [4.69, 9.17) is 0 Å². The van der Waals surface area contributed by atoms with Crippen LogP contribution in [0.4, 0.5) is 0 Å². The van der Waals surface area contributed by atoms with Gasteiger partial charge in [-0.2, -0.15) is 5.10 Å². The Kier molecular flexibility index (Phi) is 2.44. The van der Waals surface area contributed by atoms with E-state index in [2.05, 4.69) is 20.1 Å². The minimum atomic E-state index is -0.0624. The topological polar surface area (TPSA) is 81.4 Å². The maximum absolute atomic E-state index is 12.1. The van der Waals surface area contributed by atoms with E-state index in [-0.39, 0.29) is 5.56 Å². The fourth-order valence-corrected chi connectivity index (χ4v) is 1.89. The molecule has 0 aromatic carbocycles. The number of nitrogens with one attached hydrogen (secondary N) is 1. The van der Waals surface area contributed by atoms with Crippen molar-refractivity contribution in [1.29, 1.82) is 0 Å². The van der Waals surface area contributed by atoms with Crippen LogP contribution >= 0.6 is 0 Å². The minimum Gasteiger partial charge on any atom is -0.348 e. The Bertz CT molecular complexity index is 724.